The first-order chi connectivity index (χ1) is 7.75. The highest BCUT2D eigenvalue weighted by atomic mass is 14.8. The van der Waals surface area contributed by atoms with Crippen LogP contribution in [0.15, 0.2) is 18.2 Å². The maximum absolute atomic E-state index is 3.45. The Morgan fingerprint density at radius 1 is 1.06 bits per heavy atom. The van der Waals surface area contributed by atoms with Crippen LogP contribution in [0, 0.1) is 13.8 Å². The van der Waals surface area contributed by atoms with E-state index in [2.05, 4.69) is 44.3 Å². The molecule has 16 heavy (non-hydrogen) atoms. The van der Waals surface area contributed by atoms with Crippen molar-refractivity contribution in [1.82, 2.24) is 5.32 Å². The van der Waals surface area contributed by atoms with Gasteiger partial charge in [0, 0.05) is 0 Å². The lowest BCUT2D eigenvalue weighted by atomic mass is 9.99. The van der Waals surface area contributed by atoms with Crippen molar-refractivity contribution in [3.8, 4) is 0 Å². The predicted octanol–water partition coefficient (Wildman–Crippen LogP) is 3.63. The molecule has 0 atom stereocenters. The van der Waals surface area contributed by atoms with Crippen LogP contribution in [-0.4, -0.2) is 13.1 Å². The van der Waals surface area contributed by atoms with Gasteiger partial charge in [0.2, 0.25) is 0 Å². The van der Waals surface area contributed by atoms with E-state index in [4.69, 9.17) is 0 Å². The third-order valence-electron chi connectivity index (χ3n) is 3.19. The van der Waals surface area contributed by atoms with Gasteiger partial charge in [0.1, 0.15) is 0 Å². The highest BCUT2D eigenvalue weighted by molar-refractivity contribution is 5.33. The molecule has 1 rings (SSSR count). The van der Waals surface area contributed by atoms with Crippen molar-refractivity contribution < 1.29 is 0 Å². The topological polar surface area (TPSA) is 12.0 Å². The number of aryl methyl sites for hydroxylation is 2. The summed E-state index contributed by atoms with van der Waals surface area (Å²) < 4.78 is 0. The lowest BCUT2D eigenvalue weighted by Crippen LogP contribution is -2.15. The van der Waals surface area contributed by atoms with E-state index in [9.17, 15) is 0 Å². The quantitative estimate of drug-likeness (QED) is 0.691. The molecule has 0 aliphatic rings. The third-order valence-corrected chi connectivity index (χ3v) is 3.19. The molecule has 1 aromatic rings. The Hall–Kier alpha value is -0.820. The fourth-order valence-electron chi connectivity index (χ4n) is 1.95. The van der Waals surface area contributed by atoms with Gasteiger partial charge in [-0.25, -0.2) is 0 Å². The minimum absolute atomic E-state index is 1.16. The highest BCUT2D eigenvalue weighted by Crippen LogP contribution is 2.14. The minimum atomic E-state index is 1.16. The van der Waals surface area contributed by atoms with Crippen molar-refractivity contribution in [3.63, 3.8) is 0 Å². The molecular formula is C15H25N. The molecule has 1 heteroatoms. The van der Waals surface area contributed by atoms with Crippen LogP contribution in [0.25, 0.3) is 0 Å². The number of rotatable bonds is 7. The van der Waals surface area contributed by atoms with Crippen LogP contribution in [-0.2, 0) is 6.42 Å². The molecule has 1 nitrogen and oxygen atoms in total. The van der Waals surface area contributed by atoms with Crippen molar-refractivity contribution in [1.29, 1.82) is 0 Å². The molecule has 0 spiro atoms. The van der Waals surface area contributed by atoms with Crippen molar-refractivity contribution >= 4 is 0 Å². The van der Waals surface area contributed by atoms with Crippen LogP contribution in [0.3, 0.4) is 0 Å². The molecule has 0 saturated carbocycles. The summed E-state index contributed by atoms with van der Waals surface area (Å²) in [6.45, 7) is 8.97. The highest BCUT2D eigenvalue weighted by Gasteiger charge is 1.99. The van der Waals surface area contributed by atoms with Gasteiger partial charge in [-0.1, -0.05) is 25.1 Å². The summed E-state index contributed by atoms with van der Waals surface area (Å²) in [5.41, 5.74) is 4.42. The van der Waals surface area contributed by atoms with Crippen molar-refractivity contribution in [3.05, 3.63) is 34.9 Å². The van der Waals surface area contributed by atoms with Gasteiger partial charge in [-0.2, -0.15) is 0 Å². The summed E-state index contributed by atoms with van der Waals surface area (Å²) in [4.78, 5) is 0. The molecule has 90 valence electrons. The Morgan fingerprint density at radius 3 is 2.62 bits per heavy atom. The van der Waals surface area contributed by atoms with Crippen LogP contribution in [0.2, 0.25) is 0 Å². The third kappa shape index (κ3) is 4.36. The van der Waals surface area contributed by atoms with E-state index < -0.39 is 0 Å². The molecule has 0 aliphatic heterocycles. The molecule has 0 aliphatic carbocycles. The zero-order valence-electron chi connectivity index (χ0n) is 11.0. The Balaban J connectivity index is 2.24. The zero-order valence-corrected chi connectivity index (χ0v) is 11.0. The zero-order chi connectivity index (χ0) is 11.8. The maximum Gasteiger partial charge on any atom is -0.00488 e. The summed E-state index contributed by atoms with van der Waals surface area (Å²) in [6.07, 6.45) is 5.03. The van der Waals surface area contributed by atoms with Gasteiger partial charge in [0.25, 0.3) is 0 Å². The van der Waals surface area contributed by atoms with E-state index in [1.54, 1.807) is 0 Å². The molecule has 0 unspecified atom stereocenters. The fraction of sp³-hybridized carbons (Fsp3) is 0.600. The molecule has 0 fully saturated rings. The molecule has 0 bridgehead atoms. The van der Waals surface area contributed by atoms with E-state index in [1.165, 1.54) is 48.9 Å². The second-order valence-electron chi connectivity index (χ2n) is 4.57. The molecule has 1 N–H and O–H groups in total. The standard InChI is InChI=1S/C15H25N/c1-4-11-16-12-6-5-9-15-10-7-8-13(2)14(15)3/h7-8,10,16H,4-6,9,11-12H2,1-3H3. The molecule has 0 radical (unpaired) electrons. The van der Waals surface area contributed by atoms with E-state index in [1.807, 2.05) is 0 Å². The summed E-state index contributed by atoms with van der Waals surface area (Å²) in [6, 6.07) is 6.64. The summed E-state index contributed by atoms with van der Waals surface area (Å²) >= 11 is 0. The number of nitrogens with one attached hydrogen (secondary N) is 1. The van der Waals surface area contributed by atoms with Gasteiger partial charge < -0.3 is 5.32 Å². The smallest absolute Gasteiger partial charge is 0.00488 e. The van der Waals surface area contributed by atoms with E-state index in [0.29, 0.717) is 0 Å². The van der Waals surface area contributed by atoms with Crippen molar-refractivity contribution in [2.24, 2.45) is 0 Å². The Bertz CT molecular complexity index is 304. The molecule has 0 heterocycles. The van der Waals surface area contributed by atoms with Gasteiger partial charge in [0.05, 0.1) is 0 Å². The Morgan fingerprint density at radius 2 is 1.88 bits per heavy atom. The van der Waals surface area contributed by atoms with Crippen LogP contribution in [0.5, 0.6) is 0 Å². The number of hydrogen-bond acceptors (Lipinski definition) is 1. The molecule has 0 aromatic heterocycles. The average Bonchev–Trinajstić information content (AvgIpc) is 2.29. The largest absolute Gasteiger partial charge is 0.317 e. The lowest BCUT2D eigenvalue weighted by Gasteiger charge is -2.08. The van der Waals surface area contributed by atoms with Crippen molar-refractivity contribution in [2.75, 3.05) is 13.1 Å². The van der Waals surface area contributed by atoms with Gasteiger partial charge in [-0.3, -0.25) is 0 Å². The first-order valence-corrected chi connectivity index (χ1v) is 6.51. The van der Waals surface area contributed by atoms with Crippen LogP contribution in [0.1, 0.15) is 42.9 Å². The van der Waals surface area contributed by atoms with Gasteiger partial charge in [-0.05, 0) is 69.3 Å². The van der Waals surface area contributed by atoms with E-state index >= 15 is 0 Å². The average molecular weight is 219 g/mol. The fourth-order valence-corrected chi connectivity index (χ4v) is 1.95. The van der Waals surface area contributed by atoms with Gasteiger partial charge in [-0.15, -0.1) is 0 Å². The first-order valence-electron chi connectivity index (χ1n) is 6.51. The number of unbranched alkanes of at least 4 members (excludes halogenated alkanes) is 1. The van der Waals surface area contributed by atoms with Gasteiger partial charge >= 0.3 is 0 Å². The Kier molecular flexibility index (Phi) is 6.17. The van der Waals surface area contributed by atoms with Crippen LogP contribution >= 0.6 is 0 Å². The minimum Gasteiger partial charge on any atom is -0.317 e. The second-order valence-corrected chi connectivity index (χ2v) is 4.57. The first kappa shape index (κ1) is 13.2. The monoisotopic (exact) mass is 219 g/mol. The SMILES string of the molecule is CCCNCCCCc1cccc(C)c1C. The van der Waals surface area contributed by atoms with Crippen LogP contribution < -0.4 is 5.32 Å². The summed E-state index contributed by atoms with van der Waals surface area (Å²) in [5, 5.41) is 3.45. The van der Waals surface area contributed by atoms with E-state index in [-0.39, 0.29) is 0 Å². The number of benzene rings is 1. The lowest BCUT2D eigenvalue weighted by molar-refractivity contribution is 0.616. The molecular weight excluding hydrogens is 194 g/mol. The van der Waals surface area contributed by atoms with Crippen LogP contribution in [0.4, 0.5) is 0 Å². The molecule has 0 saturated heterocycles. The predicted molar refractivity (Wildman–Crippen MR) is 72.0 cm³/mol. The van der Waals surface area contributed by atoms with Crippen molar-refractivity contribution in [2.45, 2.75) is 46.5 Å². The maximum atomic E-state index is 3.45. The Labute approximate surface area is 100 Å². The van der Waals surface area contributed by atoms with E-state index in [0.717, 1.165) is 6.54 Å². The molecule has 1 aromatic carbocycles. The second kappa shape index (κ2) is 7.45. The number of hydrogen-bond donors (Lipinski definition) is 1. The summed E-state index contributed by atoms with van der Waals surface area (Å²) in [5.74, 6) is 0. The normalized spacial score (nSPS) is 10.7. The summed E-state index contributed by atoms with van der Waals surface area (Å²) in [7, 11) is 0. The molecule has 0 amide bonds. The van der Waals surface area contributed by atoms with Gasteiger partial charge in [0.15, 0.2) is 0 Å².